The summed E-state index contributed by atoms with van der Waals surface area (Å²) in [4.78, 5) is 12.9. The number of hydrogen-bond donors (Lipinski definition) is 1. The highest BCUT2D eigenvalue weighted by Gasteiger charge is 2.19. The minimum atomic E-state index is 0. The number of thiazole rings is 1. The van der Waals surface area contributed by atoms with Crippen LogP contribution in [0.2, 0.25) is 0 Å². The van der Waals surface area contributed by atoms with Crippen LogP contribution in [0.5, 0.6) is 0 Å². The van der Waals surface area contributed by atoms with Crippen molar-refractivity contribution in [2.24, 2.45) is 10.9 Å². The predicted octanol–water partition coefficient (Wildman–Crippen LogP) is 4.00. The Kier molecular flexibility index (Phi) is 8.10. The Morgan fingerprint density at radius 2 is 2.05 bits per heavy atom. The summed E-state index contributed by atoms with van der Waals surface area (Å²) in [7, 11) is 1.87. The highest BCUT2D eigenvalue weighted by atomic mass is 127. The number of halogens is 1. The van der Waals surface area contributed by atoms with Crippen LogP contribution < -0.4 is 5.32 Å². The number of likely N-dealkylation sites (tertiary alicyclic amines) is 1. The molecule has 0 unspecified atom stereocenters. The molecule has 0 aromatic carbocycles. The molecule has 0 bridgehead atoms. The molecule has 22 heavy (non-hydrogen) atoms. The van der Waals surface area contributed by atoms with Gasteiger partial charge in [-0.2, -0.15) is 0 Å². The summed E-state index contributed by atoms with van der Waals surface area (Å²) in [5, 5.41) is 4.63. The summed E-state index contributed by atoms with van der Waals surface area (Å²) in [6.45, 7) is 11.9. The number of nitrogens with one attached hydrogen (secondary N) is 1. The van der Waals surface area contributed by atoms with E-state index in [2.05, 4.69) is 42.9 Å². The lowest BCUT2D eigenvalue weighted by Gasteiger charge is -2.32. The van der Waals surface area contributed by atoms with Crippen molar-refractivity contribution in [1.29, 1.82) is 0 Å². The lowest BCUT2D eigenvalue weighted by atomic mass is 10.00. The van der Waals surface area contributed by atoms with Gasteiger partial charge in [-0.3, -0.25) is 4.99 Å². The van der Waals surface area contributed by atoms with Gasteiger partial charge in [0.25, 0.3) is 0 Å². The van der Waals surface area contributed by atoms with Crippen molar-refractivity contribution >= 4 is 41.3 Å². The molecule has 0 spiro atoms. The third-order valence-electron chi connectivity index (χ3n) is 4.12. The number of guanidine groups is 1. The summed E-state index contributed by atoms with van der Waals surface area (Å²) in [6.07, 6.45) is 2.52. The molecule has 6 heteroatoms. The summed E-state index contributed by atoms with van der Waals surface area (Å²) in [5.41, 5.74) is 1.23. The maximum atomic E-state index is 4.76. The molecule has 0 radical (unpaired) electrons. The van der Waals surface area contributed by atoms with Crippen molar-refractivity contribution in [1.82, 2.24) is 15.2 Å². The Morgan fingerprint density at radius 1 is 1.41 bits per heavy atom. The molecule has 126 valence electrons. The Morgan fingerprint density at radius 3 is 2.55 bits per heavy atom. The highest BCUT2D eigenvalue weighted by Crippen LogP contribution is 2.24. The molecule has 0 saturated carbocycles. The number of aryl methyl sites for hydroxylation is 1. The number of hydrogen-bond acceptors (Lipinski definition) is 3. The molecule has 1 aromatic heterocycles. The van der Waals surface area contributed by atoms with E-state index in [1.807, 2.05) is 7.05 Å². The number of piperidine rings is 1. The first kappa shape index (κ1) is 19.7. The molecule has 1 aliphatic rings. The summed E-state index contributed by atoms with van der Waals surface area (Å²) < 4.78 is 0. The van der Waals surface area contributed by atoms with Gasteiger partial charge in [-0.05, 0) is 31.6 Å². The molecule has 1 saturated heterocycles. The van der Waals surface area contributed by atoms with Crippen molar-refractivity contribution < 1.29 is 0 Å². The van der Waals surface area contributed by atoms with Crippen LogP contribution in [0, 0.1) is 12.8 Å². The number of rotatable bonds is 3. The van der Waals surface area contributed by atoms with Crippen molar-refractivity contribution in [3.63, 3.8) is 0 Å². The summed E-state index contributed by atoms with van der Waals surface area (Å²) in [6, 6.07) is 0. The van der Waals surface area contributed by atoms with Gasteiger partial charge in [0.15, 0.2) is 5.96 Å². The number of aromatic nitrogens is 1. The van der Waals surface area contributed by atoms with Gasteiger partial charge in [-0.15, -0.1) is 35.3 Å². The predicted molar refractivity (Wildman–Crippen MR) is 107 cm³/mol. The minimum Gasteiger partial charge on any atom is -0.350 e. The van der Waals surface area contributed by atoms with E-state index >= 15 is 0 Å². The average molecular weight is 436 g/mol. The first-order valence-corrected chi connectivity index (χ1v) is 8.74. The molecule has 0 amide bonds. The smallest absolute Gasteiger partial charge is 0.193 e. The molecule has 1 fully saturated rings. The third kappa shape index (κ3) is 5.08. The van der Waals surface area contributed by atoms with Crippen LogP contribution >= 0.6 is 35.3 Å². The molecule has 1 aliphatic heterocycles. The Hall–Kier alpha value is -0.370. The lowest BCUT2D eigenvalue weighted by Crippen LogP contribution is -2.45. The fourth-order valence-corrected chi connectivity index (χ4v) is 3.81. The molecule has 4 nitrogen and oxygen atoms in total. The van der Waals surface area contributed by atoms with E-state index in [1.54, 1.807) is 11.3 Å². The first-order valence-electron chi connectivity index (χ1n) is 7.93. The first-order chi connectivity index (χ1) is 10.0. The Balaban J connectivity index is 0.00000242. The SMILES string of the molecule is CN=C(NCc1nc(C(C)C)c(C)s1)N1CCC(C)CC1.I. The van der Waals surface area contributed by atoms with E-state index in [0.717, 1.165) is 36.5 Å². The zero-order chi connectivity index (χ0) is 15.4. The van der Waals surface area contributed by atoms with Gasteiger partial charge in [0.1, 0.15) is 5.01 Å². The monoisotopic (exact) mass is 436 g/mol. The van der Waals surface area contributed by atoms with Crippen molar-refractivity contribution in [2.75, 3.05) is 20.1 Å². The summed E-state index contributed by atoms with van der Waals surface area (Å²) in [5.74, 6) is 2.35. The second-order valence-corrected chi connectivity index (χ2v) is 7.56. The van der Waals surface area contributed by atoms with Crippen LogP contribution in [-0.2, 0) is 6.54 Å². The molecule has 1 N–H and O–H groups in total. The molecular weight excluding hydrogens is 407 g/mol. The lowest BCUT2D eigenvalue weighted by molar-refractivity contribution is 0.273. The van der Waals surface area contributed by atoms with Crippen LogP contribution in [0.1, 0.15) is 55.1 Å². The van der Waals surface area contributed by atoms with Gasteiger partial charge in [-0.1, -0.05) is 20.8 Å². The van der Waals surface area contributed by atoms with Crippen LogP contribution in [-0.4, -0.2) is 36.0 Å². The second-order valence-electron chi connectivity index (χ2n) is 6.27. The molecule has 0 aliphatic carbocycles. The van der Waals surface area contributed by atoms with Crippen LogP contribution in [0.4, 0.5) is 0 Å². The fraction of sp³-hybridized carbons (Fsp3) is 0.750. The molecule has 2 heterocycles. The zero-order valence-electron chi connectivity index (χ0n) is 14.3. The third-order valence-corrected chi connectivity index (χ3v) is 5.10. The number of nitrogens with zero attached hydrogens (tertiary/aromatic N) is 3. The quantitative estimate of drug-likeness (QED) is 0.443. The van der Waals surface area contributed by atoms with Crippen molar-refractivity contribution in [3.8, 4) is 0 Å². The standard InChI is InChI=1S/C16H28N4S.HI/c1-11(2)15-13(4)21-14(19-15)10-18-16(17-5)20-8-6-12(3)7-9-20;/h11-12H,6-10H2,1-5H3,(H,17,18);1H. The fourth-order valence-electron chi connectivity index (χ4n) is 2.78. The van der Waals surface area contributed by atoms with Gasteiger partial charge in [-0.25, -0.2) is 4.98 Å². The van der Waals surface area contributed by atoms with Gasteiger partial charge < -0.3 is 10.2 Å². The average Bonchev–Trinajstić information content (AvgIpc) is 2.82. The molecule has 1 aromatic rings. The topological polar surface area (TPSA) is 40.5 Å². The van der Waals surface area contributed by atoms with E-state index in [1.165, 1.54) is 23.4 Å². The zero-order valence-corrected chi connectivity index (χ0v) is 17.5. The van der Waals surface area contributed by atoms with Gasteiger partial charge in [0.05, 0.1) is 12.2 Å². The van der Waals surface area contributed by atoms with Crippen LogP contribution in [0.15, 0.2) is 4.99 Å². The Bertz CT molecular complexity index is 490. The van der Waals surface area contributed by atoms with Crippen LogP contribution in [0.25, 0.3) is 0 Å². The maximum Gasteiger partial charge on any atom is 0.193 e. The molecule has 2 rings (SSSR count). The normalized spacial score (nSPS) is 16.8. The van der Waals surface area contributed by atoms with Gasteiger partial charge in [0, 0.05) is 25.0 Å². The van der Waals surface area contributed by atoms with Gasteiger partial charge >= 0.3 is 0 Å². The molecule has 0 atom stereocenters. The van der Waals surface area contributed by atoms with E-state index < -0.39 is 0 Å². The second kappa shape index (κ2) is 9.05. The largest absolute Gasteiger partial charge is 0.350 e. The minimum absolute atomic E-state index is 0. The number of aliphatic imine (C=N–C) groups is 1. The van der Waals surface area contributed by atoms with Gasteiger partial charge in [0.2, 0.25) is 0 Å². The summed E-state index contributed by atoms with van der Waals surface area (Å²) >= 11 is 1.80. The maximum absolute atomic E-state index is 4.76. The van der Waals surface area contributed by atoms with E-state index in [9.17, 15) is 0 Å². The van der Waals surface area contributed by atoms with Crippen molar-refractivity contribution in [2.45, 2.75) is 53.0 Å². The van der Waals surface area contributed by atoms with Crippen LogP contribution in [0.3, 0.4) is 0 Å². The molecular formula is C16H29IN4S. The Labute approximate surface area is 155 Å². The van der Waals surface area contributed by atoms with E-state index in [0.29, 0.717) is 5.92 Å². The van der Waals surface area contributed by atoms with Crippen molar-refractivity contribution in [3.05, 3.63) is 15.6 Å². The highest BCUT2D eigenvalue weighted by molar-refractivity contribution is 14.0. The van der Waals surface area contributed by atoms with E-state index in [-0.39, 0.29) is 24.0 Å². The van der Waals surface area contributed by atoms with E-state index in [4.69, 9.17) is 4.98 Å².